The van der Waals surface area contributed by atoms with Gasteiger partial charge in [-0.3, -0.25) is 9.20 Å². The first-order valence-electron chi connectivity index (χ1n) is 9.79. The van der Waals surface area contributed by atoms with Crippen LogP contribution < -0.4 is 15.2 Å². The van der Waals surface area contributed by atoms with Crippen molar-refractivity contribution in [3.63, 3.8) is 0 Å². The molecule has 1 saturated heterocycles. The molecule has 0 unspecified atom stereocenters. The molecule has 7 nitrogen and oxygen atoms in total. The van der Waals surface area contributed by atoms with Crippen LogP contribution in [0, 0.1) is 4.77 Å². The predicted molar refractivity (Wildman–Crippen MR) is 114 cm³/mol. The number of aromatic nitrogens is 4. The van der Waals surface area contributed by atoms with E-state index in [9.17, 15) is 4.79 Å². The van der Waals surface area contributed by atoms with Crippen molar-refractivity contribution in [2.75, 3.05) is 20.2 Å². The van der Waals surface area contributed by atoms with Crippen molar-refractivity contribution < 1.29 is 9.64 Å². The Bertz CT molecular complexity index is 1310. The maximum Gasteiger partial charge on any atom is 0.267 e. The fourth-order valence-electron chi connectivity index (χ4n) is 4.12. The molecule has 1 fully saturated rings. The highest BCUT2D eigenvalue weighted by Gasteiger charge is 2.21. The van der Waals surface area contributed by atoms with Gasteiger partial charge in [-0.05, 0) is 48.6 Å². The molecule has 1 N–H and O–H groups in total. The lowest BCUT2D eigenvalue weighted by molar-refractivity contribution is -0.911. The van der Waals surface area contributed by atoms with Crippen molar-refractivity contribution in [3.8, 4) is 11.4 Å². The molecule has 29 heavy (non-hydrogen) atoms. The van der Waals surface area contributed by atoms with Gasteiger partial charge in [0, 0.05) is 12.8 Å². The summed E-state index contributed by atoms with van der Waals surface area (Å²) in [6, 6.07) is 15.0. The smallest absolute Gasteiger partial charge is 0.267 e. The van der Waals surface area contributed by atoms with Crippen molar-refractivity contribution in [1.82, 2.24) is 18.7 Å². The summed E-state index contributed by atoms with van der Waals surface area (Å²) in [4.78, 5) is 14.9. The van der Waals surface area contributed by atoms with E-state index in [1.54, 1.807) is 11.7 Å². The monoisotopic (exact) mass is 408 g/mol. The molecule has 3 heterocycles. The van der Waals surface area contributed by atoms with E-state index in [4.69, 9.17) is 22.1 Å². The van der Waals surface area contributed by atoms with Crippen LogP contribution in [0.1, 0.15) is 12.8 Å². The van der Waals surface area contributed by atoms with E-state index in [1.807, 2.05) is 57.6 Å². The number of fused-ring (bicyclic) bond motifs is 3. The Kier molecular flexibility index (Phi) is 4.44. The predicted octanol–water partition coefficient (Wildman–Crippen LogP) is 1.81. The van der Waals surface area contributed by atoms with Crippen LogP contribution in [0.15, 0.2) is 53.3 Å². The molecule has 2 aromatic carbocycles. The van der Waals surface area contributed by atoms with E-state index < -0.39 is 0 Å². The fraction of sp³-hybridized carbons (Fsp3) is 0.286. The summed E-state index contributed by atoms with van der Waals surface area (Å²) in [7, 11) is 1.62. The average Bonchev–Trinajstić information content (AvgIpc) is 3.37. The first kappa shape index (κ1) is 18.1. The second kappa shape index (κ2) is 7.13. The van der Waals surface area contributed by atoms with Crippen LogP contribution in [0.25, 0.3) is 22.4 Å². The van der Waals surface area contributed by atoms with Gasteiger partial charge in [-0.1, -0.05) is 12.1 Å². The summed E-state index contributed by atoms with van der Waals surface area (Å²) in [6.07, 6.45) is 2.46. The Labute approximate surface area is 172 Å². The van der Waals surface area contributed by atoms with Gasteiger partial charge < -0.3 is 9.64 Å². The molecule has 0 aliphatic carbocycles. The van der Waals surface area contributed by atoms with Crippen molar-refractivity contribution in [2.45, 2.75) is 19.5 Å². The van der Waals surface area contributed by atoms with Crippen LogP contribution in [0.5, 0.6) is 5.75 Å². The summed E-state index contributed by atoms with van der Waals surface area (Å²) in [5, 5.41) is 5.40. The summed E-state index contributed by atoms with van der Waals surface area (Å²) >= 11 is 5.80. The van der Waals surface area contributed by atoms with Gasteiger partial charge in [-0.25, -0.2) is 4.57 Å². The lowest BCUT2D eigenvalue weighted by atomic mass is 10.2. The standard InChI is InChI=1S/C21H21N5O2S/c1-28-16-10-8-15(9-11-16)25-19(27)17-6-2-3-7-18(17)26-20(25)22-24(21(26)29)14-23-12-4-5-13-23/h2-3,6-11H,4-5,12-14H2,1H3/p+1. The topological polar surface area (TPSA) is 57.9 Å². The number of para-hydroxylation sites is 1. The van der Waals surface area contributed by atoms with Gasteiger partial charge in [-0.2, -0.15) is 4.68 Å². The summed E-state index contributed by atoms with van der Waals surface area (Å²) in [6.45, 7) is 2.97. The molecular weight excluding hydrogens is 386 g/mol. The number of likely N-dealkylation sites (tertiary alicyclic amines) is 1. The molecule has 0 radical (unpaired) electrons. The zero-order valence-electron chi connectivity index (χ0n) is 16.2. The second-order valence-electron chi connectivity index (χ2n) is 7.39. The van der Waals surface area contributed by atoms with Gasteiger partial charge in [0.25, 0.3) is 5.56 Å². The highest BCUT2D eigenvalue weighted by Crippen LogP contribution is 2.19. The molecule has 148 valence electrons. The Morgan fingerprint density at radius 3 is 2.55 bits per heavy atom. The zero-order valence-corrected chi connectivity index (χ0v) is 17.0. The van der Waals surface area contributed by atoms with Gasteiger partial charge in [0.2, 0.25) is 10.5 Å². The van der Waals surface area contributed by atoms with Crippen LogP contribution >= 0.6 is 12.2 Å². The minimum Gasteiger partial charge on any atom is -0.497 e. The van der Waals surface area contributed by atoms with Crippen molar-refractivity contribution in [1.29, 1.82) is 0 Å². The van der Waals surface area contributed by atoms with Crippen LogP contribution in [0.2, 0.25) is 0 Å². The molecule has 5 rings (SSSR count). The van der Waals surface area contributed by atoms with E-state index in [-0.39, 0.29) is 5.56 Å². The quantitative estimate of drug-likeness (QED) is 0.524. The van der Waals surface area contributed by atoms with Gasteiger partial charge in [0.15, 0.2) is 6.67 Å². The number of hydrogen-bond acceptors (Lipinski definition) is 4. The number of ether oxygens (including phenoxy) is 1. The van der Waals surface area contributed by atoms with E-state index in [1.165, 1.54) is 17.7 Å². The molecule has 0 spiro atoms. The van der Waals surface area contributed by atoms with Crippen LogP contribution in [-0.4, -0.2) is 38.9 Å². The Balaban J connectivity index is 1.81. The molecule has 4 aromatic rings. The maximum atomic E-state index is 13.4. The second-order valence-corrected chi connectivity index (χ2v) is 7.75. The third-order valence-electron chi connectivity index (χ3n) is 5.62. The Morgan fingerprint density at radius 1 is 1.10 bits per heavy atom. The normalized spacial score (nSPS) is 14.8. The lowest BCUT2D eigenvalue weighted by Gasteiger charge is -2.10. The minimum atomic E-state index is -0.112. The van der Waals surface area contributed by atoms with E-state index in [0.29, 0.717) is 22.6 Å². The van der Waals surface area contributed by atoms with E-state index >= 15 is 0 Å². The summed E-state index contributed by atoms with van der Waals surface area (Å²) in [5.74, 6) is 1.26. The Hall–Kier alpha value is -2.97. The average molecular weight is 409 g/mol. The molecule has 0 saturated carbocycles. The van der Waals surface area contributed by atoms with Crippen LogP contribution in [0.4, 0.5) is 0 Å². The number of nitrogens with zero attached hydrogens (tertiary/aromatic N) is 4. The first-order chi connectivity index (χ1) is 14.2. The summed E-state index contributed by atoms with van der Waals surface area (Å²) in [5.41, 5.74) is 1.40. The van der Waals surface area contributed by atoms with Gasteiger partial charge in [0.1, 0.15) is 5.75 Å². The third-order valence-corrected chi connectivity index (χ3v) is 6.01. The molecule has 8 heteroatoms. The van der Waals surface area contributed by atoms with Gasteiger partial charge in [0.05, 0.1) is 36.8 Å². The largest absolute Gasteiger partial charge is 0.497 e. The number of nitrogens with one attached hydrogen (secondary N) is 1. The SMILES string of the molecule is COc1ccc(-n2c(=O)c3ccccc3n3c(=S)n(C[NH+]4CCCC4)nc23)cc1. The molecule has 1 aliphatic rings. The lowest BCUT2D eigenvalue weighted by Crippen LogP contribution is -3.09. The van der Waals surface area contributed by atoms with E-state index in [2.05, 4.69) is 0 Å². The highest BCUT2D eigenvalue weighted by atomic mass is 32.1. The van der Waals surface area contributed by atoms with Gasteiger partial charge >= 0.3 is 0 Å². The number of rotatable bonds is 4. The third kappa shape index (κ3) is 2.95. The molecule has 1 aliphatic heterocycles. The molecule has 2 aromatic heterocycles. The minimum absolute atomic E-state index is 0.112. The zero-order chi connectivity index (χ0) is 20.0. The van der Waals surface area contributed by atoms with Crippen LogP contribution in [-0.2, 0) is 6.67 Å². The van der Waals surface area contributed by atoms with Gasteiger partial charge in [-0.15, -0.1) is 5.10 Å². The summed E-state index contributed by atoms with van der Waals surface area (Å²) < 4.78 is 11.3. The molecule has 0 amide bonds. The number of methoxy groups -OCH3 is 1. The molecule has 0 atom stereocenters. The Morgan fingerprint density at radius 2 is 1.83 bits per heavy atom. The highest BCUT2D eigenvalue weighted by molar-refractivity contribution is 7.71. The molecule has 0 bridgehead atoms. The van der Waals surface area contributed by atoms with Crippen molar-refractivity contribution in [2.24, 2.45) is 0 Å². The number of quaternary nitrogens is 1. The molecular formula is C21H22N5O2S+. The number of benzene rings is 2. The maximum absolute atomic E-state index is 13.4. The van der Waals surface area contributed by atoms with Crippen molar-refractivity contribution in [3.05, 3.63) is 63.7 Å². The van der Waals surface area contributed by atoms with Crippen LogP contribution in [0.3, 0.4) is 0 Å². The van der Waals surface area contributed by atoms with Crippen molar-refractivity contribution >= 4 is 28.9 Å². The number of hydrogen-bond donors (Lipinski definition) is 1. The fourth-order valence-corrected chi connectivity index (χ4v) is 4.41. The first-order valence-corrected chi connectivity index (χ1v) is 10.2. The van der Waals surface area contributed by atoms with E-state index in [0.717, 1.165) is 30.0 Å².